The number of hydrogen-bond acceptors (Lipinski definition) is 8. The lowest BCUT2D eigenvalue weighted by molar-refractivity contribution is -0.148. The third-order valence-corrected chi connectivity index (χ3v) is 7.67. The van der Waals surface area contributed by atoms with Gasteiger partial charge in [-0.05, 0) is 43.6 Å². The number of morpholine rings is 1. The lowest BCUT2D eigenvalue weighted by atomic mass is 9.61. The van der Waals surface area contributed by atoms with Gasteiger partial charge >= 0.3 is 5.97 Å². The number of carboxylic acid groups (broad SMARTS) is 1. The predicted octanol–water partition coefficient (Wildman–Crippen LogP) is 3.21. The number of aromatic nitrogens is 5. The fourth-order valence-electron chi connectivity index (χ4n) is 5.80. The number of carboxylic acids is 1. The first-order valence-corrected chi connectivity index (χ1v) is 12.2. The average Bonchev–Trinajstić information content (AvgIpc) is 3.28. The molecule has 0 spiro atoms. The van der Waals surface area contributed by atoms with Gasteiger partial charge in [0.1, 0.15) is 17.3 Å². The molecular weight excluding hydrogens is 458 g/mol. The number of pyridine rings is 1. The van der Waals surface area contributed by atoms with Gasteiger partial charge in [0.25, 0.3) is 0 Å². The van der Waals surface area contributed by atoms with Gasteiger partial charge in [0, 0.05) is 31.4 Å². The molecule has 4 aliphatic rings. The number of halogens is 1. The van der Waals surface area contributed by atoms with Gasteiger partial charge < -0.3 is 20.1 Å². The second-order valence-electron chi connectivity index (χ2n) is 9.37. The van der Waals surface area contributed by atoms with E-state index in [0.29, 0.717) is 47.1 Å². The Balaban J connectivity index is 1.41. The van der Waals surface area contributed by atoms with Gasteiger partial charge in [-0.25, -0.2) is 15.0 Å². The third-order valence-electron chi connectivity index (χ3n) is 7.47. The van der Waals surface area contributed by atoms with Crippen LogP contribution in [0.4, 0.5) is 11.6 Å². The molecule has 10 nitrogen and oxygen atoms in total. The summed E-state index contributed by atoms with van der Waals surface area (Å²) in [6.07, 6.45) is 5.63. The van der Waals surface area contributed by atoms with E-state index < -0.39 is 11.9 Å². The Hall–Kier alpha value is -2.98. The molecule has 3 N–H and O–H groups in total. The first-order valence-electron chi connectivity index (χ1n) is 11.8. The minimum atomic E-state index is -0.727. The number of hydrogen-bond donors (Lipinski definition) is 3. The molecule has 0 aromatic carbocycles. The molecule has 1 saturated heterocycles. The van der Waals surface area contributed by atoms with Crippen molar-refractivity contribution < 1.29 is 14.6 Å². The molecule has 0 amide bonds. The van der Waals surface area contributed by atoms with Crippen LogP contribution in [0.1, 0.15) is 25.7 Å². The van der Waals surface area contributed by atoms with E-state index >= 15 is 0 Å². The molecule has 4 fully saturated rings. The number of ether oxygens (including phenoxy) is 1. The van der Waals surface area contributed by atoms with E-state index in [9.17, 15) is 9.90 Å². The van der Waals surface area contributed by atoms with Crippen LogP contribution in [-0.4, -0.2) is 68.6 Å². The van der Waals surface area contributed by atoms with Crippen molar-refractivity contribution >= 4 is 40.2 Å². The Bertz CT molecular complexity index is 1220. The monoisotopic (exact) mass is 483 g/mol. The summed E-state index contributed by atoms with van der Waals surface area (Å²) < 4.78 is 5.52. The lowest BCUT2D eigenvalue weighted by Crippen LogP contribution is -2.51. The second-order valence-corrected chi connectivity index (χ2v) is 9.80. The van der Waals surface area contributed by atoms with Crippen molar-refractivity contribution in [3.63, 3.8) is 0 Å². The molecule has 3 aromatic rings. The van der Waals surface area contributed by atoms with E-state index in [-0.39, 0.29) is 12.0 Å². The fourth-order valence-corrected chi connectivity index (χ4v) is 5.96. The standard InChI is InChI=1S/C23H26ClN7O3/c24-14-9-15-20(29-30-21(15)25-11-14)22-27-16(10-17(28-22)31-5-7-34-8-6-31)26-19-13-3-1-12(2-4-13)18(19)23(32)33/h9-13,18-19H,1-8H2,(H,32,33)(H,25,29,30)(H,26,27,28)/t12?,13?,18-,19-/m0/s1. The molecule has 2 bridgehead atoms. The first kappa shape index (κ1) is 21.5. The van der Waals surface area contributed by atoms with Gasteiger partial charge in [-0.1, -0.05) is 11.6 Å². The number of anilines is 2. The van der Waals surface area contributed by atoms with Crippen molar-refractivity contribution in [3.8, 4) is 11.5 Å². The van der Waals surface area contributed by atoms with Crippen molar-refractivity contribution in [1.82, 2.24) is 25.1 Å². The maximum Gasteiger partial charge on any atom is 0.308 e. The van der Waals surface area contributed by atoms with Crippen LogP contribution in [0.3, 0.4) is 0 Å². The van der Waals surface area contributed by atoms with Crippen molar-refractivity contribution in [2.75, 3.05) is 36.5 Å². The molecule has 34 heavy (non-hydrogen) atoms. The Morgan fingerprint density at radius 1 is 1.15 bits per heavy atom. The largest absolute Gasteiger partial charge is 0.481 e. The van der Waals surface area contributed by atoms with E-state index in [2.05, 4.69) is 25.4 Å². The van der Waals surface area contributed by atoms with Crippen LogP contribution in [0, 0.1) is 17.8 Å². The van der Waals surface area contributed by atoms with Crippen LogP contribution in [0.2, 0.25) is 5.02 Å². The van der Waals surface area contributed by atoms with Crippen molar-refractivity contribution in [1.29, 1.82) is 0 Å². The van der Waals surface area contributed by atoms with Gasteiger partial charge in [0.2, 0.25) is 0 Å². The summed E-state index contributed by atoms with van der Waals surface area (Å²) in [6, 6.07) is 3.56. The van der Waals surface area contributed by atoms with Crippen LogP contribution >= 0.6 is 11.6 Å². The smallest absolute Gasteiger partial charge is 0.308 e. The van der Waals surface area contributed by atoms with Crippen LogP contribution in [-0.2, 0) is 9.53 Å². The molecular formula is C23H26ClN7O3. The predicted molar refractivity (Wildman–Crippen MR) is 127 cm³/mol. The molecule has 3 saturated carbocycles. The Morgan fingerprint density at radius 2 is 1.91 bits per heavy atom. The van der Waals surface area contributed by atoms with E-state index in [1.54, 1.807) is 12.3 Å². The van der Waals surface area contributed by atoms with E-state index in [4.69, 9.17) is 26.3 Å². The van der Waals surface area contributed by atoms with E-state index in [1.165, 1.54) is 0 Å². The topological polar surface area (TPSA) is 129 Å². The summed E-state index contributed by atoms with van der Waals surface area (Å²) in [4.78, 5) is 28.2. The molecule has 1 aliphatic heterocycles. The molecule has 3 aliphatic carbocycles. The number of H-pyrrole nitrogens is 1. The molecule has 4 heterocycles. The number of fused-ring (bicyclic) bond motifs is 4. The highest BCUT2D eigenvalue weighted by Gasteiger charge is 2.47. The molecule has 178 valence electrons. The Morgan fingerprint density at radius 3 is 2.68 bits per heavy atom. The van der Waals surface area contributed by atoms with Crippen molar-refractivity contribution in [3.05, 3.63) is 23.4 Å². The molecule has 2 atom stereocenters. The van der Waals surface area contributed by atoms with Gasteiger partial charge in [0.05, 0.1) is 29.5 Å². The zero-order chi connectivity index (χ0) is 23.2. The van der Waals surface area contributed by atoms with Crippen LogP contribution in [0.15, 0.2) is 18.3 Å². The van der Waals surface area contributed by atoms with E-state index in [0.717, 1.165) is 50.0 Å². The summed E-state index contributed by atoms with van der Waals surface area (Å²) >= 11 is 6.19. The highest BCUT2D eigenvalue weighted by molar-refractivity contribution is 6.31. The van der Waals surface area contributed by atoms with Crippen LogP contribution < -0.4 is 10.2 Å². The normalized spacial score (nSPS) is 26.7. The second kappa shape index (κ2) is 8.66. The maximum atomic E-state index is 12.2. The highest BCUT2D eigenvalue weighted by atomic mass is 35.5. The molecule has 3 aromatic heterocycles. The number of carbonyl (C=O) groups is 1. The number of rotatable bonds is 5. The summed E-state index contributed by atoms with van der Waals surface area (Å²) in [5.74, 6) is 1.25. The molecule has 0 unspecified atom stereocenters. The van der Waals surface area contributed by atoms with Gasteiger partial charge in [-0.15, -0.1) is 0 Å². The summed E-state index contributed by atoms with van der Waals surface area (Å²) in [7, 11) is 0. The van der Waals surface area contributed by atoms with Crippen LogP contribution in [0.25, 0.3) is 22.6 Å². The average molecular weight is 484 g/mol. The minimum absolute atomic E-state index is 0.153. The van der Waals surface area contributed by atoms with Crippen molar-refractivity contribution in [2.45, 2.75) is 31.7 Å². The first-order chi connectivity index (χ1) is 16.6. The maximum absolute atomic E-state index is 12.2. The number of nitrogens with one attached hydrogen (secondary N) is 2. The highest BCUT2D eigenvalue weighted by Crippen LogP contribution is 2.46. The number of aliphatic carboxylic acids is 1. The minimum Gasteiger partial charge on any atom is -0.481 e. The van der Waals surface area contributed by atoms with Gasteiger partial charge in [0.15, 0.2) is 11.5 Å². The molecule has 7 rings (SSSR count). The molecule has 11 heteroatoms. The number of aromatic amines is 1. The van der Waals surface area contributed by atoms with Gasteiger partial charge in [-0.3, -0.25) is 9.89 Å². The van der Waals surface area contributed by atoms with Crippen molar-refractivity contribution in [2.24, 2.45) is 17.8 Å². The lowest BCUT2D eigenvalue weighted by Gasteiger charge is -2.47. The SMILES string of the molecule is O=C(O)[C@H]1C2CCC(CC2)[C@@H]1Nc1cc(N2CCOCC2)nc(-c2[nH]nc3ncc(Cl)cc23)n1. The zero-order valence-electron chi connectivity index (χ0n) is 18.6. The van der Waals surface area contributed by atoms with Crippen LogP contribution in [0.5, 0.6) is 0 Å². The Kier molecular flexibility index (Phi) is 5.49. The van der Waals surface area contributed by atoms with E-state index in [1.807, 2.05) is 6.07 Å². The quantitative estimate of drug-likeness (QED) is 0.500. The Labute approximate surface area is 201 Å². The molecule has 0 radical (unpaired) electrons. The summed E-state index contributed by atoms with van der Waals surface area (Å²) in [5.41, 5.74) is 1.16. The summed E-state index contributed by atoms with van der Waals surface area (Å²) in [5, 5.41) is 22.0. The van der Waals surface area contributed by atoms with Gasteiger partial charge in [-0.2, -0.15) is 5.10 Å². The third kappa shape index (κ3) is 3.84. The number of nitrogens with zero attached hydrogens (tertiary/aromatic N) is 5. The fraction of sp³-hybridized carbons (Fsp3) is 0.522. The zero-order valence-corrected chi connectivity index (χ0v) is 19.3. The summed E-state index contributed by atoms with van der Waals surface area (Å²) in [6.45, 7) is 2.70.